The number of hydrogen-bond acceptors (Lipinski definition) is 4. The fourth-order valence-electron chi connectivity index (χ4n) is 2.30. The summed E-state index contributed by atoms with van der Waals surface area (Å²) in [5.41, 5.74) is -2.63. The highest BCUT2D eigenvalue weighted by Gasteiger charge is 2.64. The smallest absolute Gasteiger partial charge is 0.406 e. The molecular weight excluding hydrogens is 323 g/mol. The highest BCUT2D eigenvalue weighted by atomic mass is 32.1. The molecule has 1 aromatic heterocycles. The number of aliphatic carboxylic acids is 1. The van der Waals surface area contributed by atoms with Crippen LogP contribution in [0.15, 0.2) is 11.4 Å². The van der Waals surface area contributed by atoms with E-state index in [1.165, 1.54) is 18.4 Å². The molecule has 1 aliphatic heterocycles. The van der Waals surface area contributed by atoms with E-state index in [4.69, 9.17) is 5.11 Å². The molecule has 120 valence electrons. The van der Waals surface area contributed by atoms with Gasteiger partial charge in [0.2, 0.25) is 0 Å². The van der Waals surface area contributed by atoms with Gasteiger partial charge < -0.3 is 10.0 Å². The number of alkyl halides is 3. The van der Waals surface area contributed by atoms with E-state index in [9.17, 15) is 27.6 Å². The predicted octanol–water partition coefficient (Wildman–Crippen LogP) is 2.43. The summed E-state index contributed by atoms with van der Waals surface area (Å²) in [7, 11) is 0. The van der Waals surface area contributed by atoms with Gasteiger partial charge in [-0.05, 0) is 19.4 Å². The van der Waals surface area contributed by atoms with Crippen LogP contribution in [-0.2, 0) is 4.79 Å². The van der Waals surface area contributed by atoms with Crippen LogP contribution < -0.4 is 0 Å². The molecule has 0 bridgehead atoms. The zero-order chi connectivity index (χ0) is 16.7. The molecule has 1 N–H and O–H groups in total. The number of ketones is 1. The number of carboxylic acid groups (broad SMARTS) is 1. The van der Waals surface area contributed by atoms with Gasteiger partial charge in [-0.3, -0.25) is 14.4 Å². The molecule has 1 atom stereocenters. The first-order valence-corrected chi connectivity index (χ1v) is 7.15. The number of nitrogens with zero attached hydrogens (tertiary/aromatic N) is 1. The van der Waals surface area contributed by atoms with E-state index in [-0.39, 0.29) is 17.2 Å². The Morgan fingerprint density at radius 3 is 2.41 bits per heavy atom. The molecule has 2 rings (SSSR count). The van der Waals surface area contributed by atoms with Crippen molar-refractivity contribution in [2.24, 2.45) is 5.41 Å². The van der Waals surface area contributed by atoms with Crippen LogP contribution >= 0.6 is 11.3 Å². The molecule has 0 unspecified atom stereocenters. The van der Waals surface area contributed by atoms with Gasteiger partial charge in [0.15, 0.2) is 11.2 Å². The fraction of sp³-hybridized carbons (Fsp3) is 0.462. The van der Waals surface area contributed by atoms with E-state index in [2.05, 4.69) is 0 Å². The number of hydrogen-bond donors (Lipinski definition) is 1. The van der Waals surface area contributed by atoms with E-state index in [1.807, 2.05) is 0 Å². The largest absolute Gasteiger partial charge is 0.481 e. The van der Waals surface area contributed by atoms with Crippen molar-refractivity contribution in [1.29, 1.82) is 0 Å². The Hall–Kier alpha value is -1.90. The summed E-state index contributed by atoms with van der Waals surface area (Å²) in [4.78, 5) is 35.4. The first-order valence-electron chi connectivity index (χ1n) is 6.27. The summed E-state index contributed by atoms with van der Waals surface area (Å²) in [6.07, 6.45) is -5.61. The number of Topliss-reactive ketones (excluding diaryl/α,β-unsaturated/α-hetero) is 1. The normalized spacial score (nSPS) is 21.9. The second kappa shape index (κ2) is 5.38. The molecule has 0 saturated carbocycles. The summed E-state index contributed by atoms with van der Waals surface area (Å²) in [6.45, 7) is 0.0984. The molecule has 1 amide bonds. The molecule has 1 aliphatic rings. The molecule has 1 saturated heterocycles. The van der Waals surface area contributed by atoms with Crippen molar-refractivity contribution in [1.82, 2.24) is 4.90 Å². The average Bonchev–Trinajstić information content (AvgIpc) is 3.05. The molecule has 1 aromatic rings. The molecule has 22 heavy (non-hydrogen) atoms. The van der Waals surface area contributed by atoms with Crippen LogP contribution in [0.3, 0.4) is 0 Å². The first kappa shape index (κ1) is 16.5. The van der Waals surface area contributed by atoms with Crippen LogP contribution in [0.1, 0.15) is 33.4 Å². The van der Waals surface area contributed by atoms with Crippen molar-refractivity contribution in [3.8, 4) is 0 Å². The lowest BCUT2D eigenvalue weighted by Gasteiger charge is -2.27. The lowest BCUT2D eigenvalue weighted by Crippen LogP contribution is -2.47. The Kier molecular flexibility index (Phi) is 4.03. The number of thiophene rings is 1. The highest BCUT2D eigenvalue weighted by Crippen LogP contribution is 2.46. The van der Waals surface area contributed by atoms with Crippen LogP contribution in [0, 0.1) is 5.41 Å². The van der Waals surface area contributed by atoms with Gasteiger partial charge in [-0.15, -0.1) is 11.3 Å². The lowest BCUT2D eigenvalue weighted by molar-refractivity contribution is -0.227. The third-order valence-electron chi connectivity index (χ3n) is 3.73. The van der Waals surface area contributed by atoms with Crippen LogP contribution in [-0.4, -0.2) is 46.9 Å². The minimum atomic E-state index is -4.94. The molecule has 9 heteroatoms. The number of carbonyl (C=O) groups excluding carboxylic acids is 2. The topological polar surface area (TPSA) is 74.7 Å². The number of rotatable bonds is 3. The van der Waals surface area contributed by atoms with Gasteiger partial charge in [0, 0.05) is 24.0 Å². The minimum absolute atomic E-state index is 0.119. The summed E-state index contributed by atoms with van der Waals surface area (Å²) >= 11 is 0.948. The summed E-state index contributed by atoms with van der Waals surface area (Å²) in [5, 5.41) is 10.4. The van der Waals surface area contributed by atoms with Crippen molar-refractivity contribution in [3.63, 3.8) is 0 Å². The number of carbonyl (C=O) groups is 3. The molecule has 2 heterocycles. The minimum Gasteiger partial charge on any atom is -0.481 e. The summed E-state index contributed by atoms with van der Waals surface area (Å²) in [6, 6.07) is 1.31. The van der Waals surface area contributed by atoms with Crippen molar-refractivity contribution >= 4 is 29.0 Å². The van der Waals surface area contributed by atoms with Gasteiger partial charge in [-0.25, -0.2) is 0 Å². The number of amides is 1. The number of halogens is 3. The lowest BCUT2D eigenvalue weighted by atomic mass is 9.86. The van der Waals surface area contributed by atoms with Crippen molar-refractivity contribution in [3.05, 3.63) is 21.9 Å². The zero-order valence-corrected chi connectivity index (χ0v) is 12.3. The standard InChI is InChI=1S/C13H12F3NO4S/c1-7(18)8-4-9(22-5-8)10(19)17-3-2-12(6-17,11(20)21)13(14,15)16/h4-5H,2-3,6H2,1H3,(H,20,21)/t12-/m0/s1. The van der Waals surface area contributed by atoms with Gasteiger partial charge in [0.05, 0.1) is 4.88 Å². The Labute approximate surface area is 127 Å². The van der Waals surface area contributed by atoms with E-state index >= 15 is 0 Å². The quantitative estimate of drug-likeness (QED) is 0.861. The maximum absolute atomic E-state index is 13.1. The Morgan fingerprint density at radius 1 is 1.36 bits per heavy atom. The third-order valence-corrected chi connectivity index (χ3v) is 4.64. The molecule has 0 spiro atoms. The van der Waals surface area contributed by atoms with Gasteiger partial charge >= 0.3 is 12.1 Å². The first-order chi connectivity index (χ1) is 10.1. The van der Waals surface area contributed by atoms with E-state index < -0.39 is 36.4 Å². The second-order valence-electron chi connectivity index (χ2n) is 5.12. The van der Waals surface area contributed by atoms with E-state index in [0.29, 0.717) is 5.56 Å². The second-order valence-corrected chi connectivity index (χ2v) is 6.03. The van der Waals surface area contributed by atoms with Crippen LogP contribution in [0.4, 0.5) is 13.2 Å². The van der Waals surface area contributed by atoms with Crippen LogP contribution in [0.5, 0.6) is 0 Å². The maximum Gasteiger partial charge on any atom is 0.406 e. The molecule has 1 fully saturated rings. The van der Waals surface area contributed by atoms with Crippen molar-refractivity contribution in [2.75, 3.05) is 13.1 Å². The predicted molar refractivity (Wildman–Crippen MR) is 71.0 cm³/mol. The highest BCUT2D eigenvalue weighted by molar-refractivity contribution is 7.12. The van der Waals surface area contributed by atoms with Gasteiger partial charge in [-0.2, -0.15) is 13.2 Å². The zero-order valence-electron chi connectivity index (χ0n) is 11.4. The van der Waals surface area contributed by atoms with Crippen LogP contribution in [0.2, 0.25) is 0 Å². The fourth-order valence-corrected chi connectivity index (χ4v) is 3.21. The third kappa shape index (κ3) is 2.60. The molecule has 0 aliphatic carbocycles. The molecular formula is C13H12F3NO4S. The van der Waals surface area contributed by atoms with E-state index in [1.54, 1.807) is 0 Å². The van der Waals surface area contributed by atoms with Gasteiger partial charge in [-0.1, -0.05) is 0 Å². The Bertz CT molecular complexity index is 639. The van der Waals surface area contributed by atoms with Crippen molar-refractivity contribution < 1.29 is 32.7 Å². The monoisotopic (exact) mass is 335 g/mol. The molecule has 0 radical (unpaired) electrons. The Morgan fingerprint density at radius 2 is 2.00 bits per heavy atom. The van der Waals surface area contributed by atoms with Gasteiger partial charge in [0.1, 0.15) is 0 Å². The number of likely N-dealkylation sites (tertiary alicyclic amines) is 1. The van der Waals surface area contributed by atoms with Crippen molar-refractivity contribution in [2.45, 2.75) is 19.5 Å². The molecule has 0 aromatic carbocycles. The summed E-state index contributed by atoms with van der Waals surface area (Å²) in [5.74, 6) is -2.93. The SMILES string of the molecule is CC(=O)c1csc(C(=O)N2CC[C@](C(=O)O)(C(F)(F)F)C2)c1. The molecule has 5 nitrogen and oxygen atoms in total. The average molecular weight is 335 g/mol. The van der Waals surface area contributed by atoms with Gasteiger partial charge in [0.25, 0.3) is 5.91 Å². The van der Waals surface area contributed by atoms with Crippen LogP contribution in [0.25, 0.3) is 0 Å². The van der Waals surface area contributed by atoms with E-state index in [0.717, 1.165) is 16.2 Å². The maximum atomic E-state index is 13.1. The summed E-state index contributed by atoms with van der Waals surface area (Å²) < 4.78 is 39.2. The number of carboxylic acids is 1. The Balaban J connectivity index is 2.23.